The lowest BCUT2D eigenvalue weighted by atomic mass is 10.0. The van der Waals surface area contributed by atoms with Crippen LogP contribution < -0.4 is 15.2 Å². The Hall–Kier alpha value is -0.930. The van der Waals surface area contributed by atoms with Gasteiger partial charge in [-0.1, -0.05) is 11.6 Å². The minimum Gasteiger partial charge on any atom is -0.493 e. The first-order chi connectivity index (χ1) is 8.15. The van der Waals surface area contributed by atoms with Crippen LogP contribution in [0.2, 0.25) is 5.02 Å². The van der Waals surface area contributed by atoms with Crippen LogP contribution in [0.5, 0.6) is 11.5 Å². The zero-order valence-electron chi connectivity index (χ0n) is 10.7. The highest BCUT2D eigenvalue weighted by atomic mass is 35.5. The van der Waals surface area contributed by atoms with E-state index in [9.17, 15) is 0 Å². The van der Waals surface area contributed by atoms with Crippen molar-refractivity contribution in [1.82, 2.24) is 0 Å². The molecule has 0 amide bonds. The van der Waals surface area contributed by atoms with Crippen molar-refractivity contribution in [3.63, 3.8) is 0 Å². The number of unbranched alkanes of at least 4 members (excludes halogenated alkanes) is 1. The molecule has 0 aliphatic heterocycles. The van der Waals surface area contributed by atoms with Crippen LogP contribution in [0.25, 0.3) is 0 Å². The summed E-state index contributed by atoms with van der Waals surface area (Å²) < 4.78 is 10.7. The van der Waals surface area contributed by atoms with Gasteiger partial charge in [0.05, 0.1) is 19.2 Å². The number of ether oxygens (including phenoxy) is 2. The summed E-state index contributed by atoms with van der Waals surface area (Å²) in [6.07, 6.45) is 2.84. The van der Waals surface area contributed by atoms with Crippen molar-refractivity contribution in [3.8, 4) is 11.5 Å². The van der Waals surface area contributed by atoms with Crippen LogP contribution in [0.1, 0.15) is 24.0 Å². The van der Waals surface area contributed by atoms with E-state index in [0.717, 1.165) is 46.9 Å². The Morgan fingerprint density at radius 2 is 1.94 bits per heavy atom. The summed E-state index contributed by atoms with van der Waals surface area (Å²) in [7, 11) is 3.27. The molecule has 96 valence electrons. The summed E-state index contributed by atoms with van der Waals surface area (Å²) in [4.78, 5) is 0. The first-order valence-corrected chi connectivity index (χ1v) is 6.13. The molecule has 0 aliphatic rings. The van der Waals surface area contributed by atoms with Crippen LogP contribution in [0.4, 0.5) is 0 Å². The van der Waals surface area contributed by atoms with Gasteiger partial charge in [-0.15, -0.1) is 0 Å². The molecule has 0 atom stereocenters. The van der Waals surface area contributed by atoms with Crippen molar-refractivity contribution in [2.24, 2.45) is 5.73 Å². The fourth-order valence-corrected chi connectivity index (χ4v) is 2.09. The third-order valence-electron chi connectivity index (χ3n) is 2.76. The highest BCUT2D eigenvalue weighted by molar-refractivity contribution is 6.32. The van der Waals surface area contributed by atoms with E-state index < -0.39 is 0 Å². The largest absolute Gasteiger partial charge is 0.493 e. The fraction of sp³-hybridized carbons (Fsp3) is 0.538. The van der Waals surface area contributed by atoms with Gasteiger partial charge in [0.15, 0.2) is 11.5 Å². The van der Waals surface area contributed by atoms with Crippen LogP contribution in [-0.4, -0.2) is 20.8 Å². The minimum absolute atomic E-state index is 0.697. The lowest BCUT2D eigenvalue weighted by molar-refractivity contribution is 0.351. The number of methoxy groups -OCH3 is 2. The molecule has 1 aromatic rings. The van der Waals surface area contributed by atoms with Crippen molar-refractivity contribution in [2.75, 3.05) is 20.8 Å². The molecular formula is C13H20ClNO2. The summed E-state index contributed by atoms with van der Waals surface area (Å²) >= 11 is 6.32. The molecular weight excluding hydrogens is 238 g/mol. The van der Waals surface area contributed by atoms with Gasteiger partial charge < -0.3 is 15.2 Å². The predicted octanol–water partition coefficient (Wildman–Crippen LogP) is 2.95. The summed E-state index contributed by atoms with van der Waals surface area (Å²) in [5.74, 6) is 1.47. The maximum Gasteiger partial charge on any atom is 0.165 e. The topological polar surface area (TPSA) is 44.5 Å². The number of aryl methyl sites for hydroxylation is 1. The van der Waals surface area contributed by atoms with Crippen LogP contribution in [-0.2, 0) is 6.42 Å². The summed E-state index contributed by atoms with van der Waals surface area (Å²) in [5.41, 5.74) is 7.52. The fourth-order valence-electron chi connectivity index (χ4n) is 1.86. The van der Waals surface area contributed by atoms with Crippen LogP contribution in [0.15, 0.2) is 6.07 Å². The Morgan fingerprint density at radius 3 is 2.47 bits per heavy atom. The van der Waals surface area contributed by atoms with E-state index >= 15 is 0 Å². The van der Waals surface area contributed by atoms with E-state index in [4.69, 9.17) is 26.8 Å². The molecule has 0 bridgehead atoms. The molecule has 0 spiro atoms. The van der Waals surface area contributed by atoms with Gasteiger partial charge in [-0.2, -0.15) is 0 Å². The number of nitrogens with two attached hydrogens (primary N) is 1. The second-order valence-corrected chi connectivity index (χ2v) is 4.35. The van der Waals surface area contributed by atoms with E-state index in [2.05, 4.69) is 0 Å². The van der Waals surface area contributed by atoms with E-state index in [1.165, 1.54) is 0 Å². The van der Waals surface area contributed by atoms with Crippen molar-refractivity contribution >= 4 is 11.6 Å². The van der Waals surface area contributed by atoms with Crippen LogP contribution in [0, 0.1) is 6.92 Å². The Kier molecular flexibility index (Phi) is 5.59. The van der Waals surface area contributed by atoms with Gasteiger partial charge in [-0.25, -0.2) is 0 Å². The predicted molar refractivity (Wildman–Crippen MR) is 71.3 cm³/mol. The maximum atomic E-state index is 6.32. The van der Waals surface area contributed by atoms with Crippen LogP contribution in [0.3, 0.4) is 0 Å². The summed E-state index contributed by atoms with van der Waals surface area (Å²) in [5, 5.41) is 0.764. The molecule has 0 unspecified atom stereocenters. The molecule has 0 saturated heterocycles. The molecule has 0 heterocycles. The molecule has 0 radical (unpaired) electrons. The van der Waals surface area contributed by atoms with E-state index in [-0.39, 0.29) is 0 Å². The first kappa shape index (κ1) is 14.1. The number of hydrogen-bond donors (Lipinski definition) is 1. The molecule has 0 saturated carbocycles. The van der Waals surface area contributed by atoms with Crippen molar-refractivity contribution in [1.29, 1.82) is 0 Å². The summed E-state index contributed by atoms with van der Waals surface area (Å²) in [6, 6.07) is 1.90. The molecule has 0 aromatic heterocycles. The molecule has 1 rings (SSSR count). The number of halogens is 1. The Bertz CT molecular complexity index is 380. The van der Waals surface area contributed by atoms with Gasteiger partial charge in [-0.05, 0) is 44.4 Å². The Labute approximate surface area is 108 Å². The average molecular weight is 258 g/mol. The lowest BCUT2D eigenvalue weighted by Crippen LogP contribution is -2.02. The highest BCUT2D eigenvalue weighted by Crippen LogP contribution is 2.39. The second-order valence-electron chi connectivity index (χ2n) is 3.97. The minimum atomic E-state index is 0.697. The molecule has 4 heteroatoms. The van der Waals surface area contributed by atoms with Gasteiger partial charge >= 0.3 is 0 Å². The zero-order valence-corrected chi connectivity index (χ0v) is 11.4. The van der Waals surface area contributed by atoms with Gasteiger partial charge in [0.2, 0.25) is 0 Å². The van der Waals surface area contributed by atoms with Gasteiger partial charge in [0, 0.05) is 5.56 Å². The smallest absolute Gasteiger partial charge is 0.165 e. The Morgan fingerprint density at radius 1 is 1.24 bits per heavy atom. The highest BCUT2D eigenvalue weighted by Gasteiger charge is 2.16. The Balaban J connectivity index is 3.09. The third-order valence-corrected chi connectivity index (χ3v) is 3.29. The monoisotopic (exact) mass is 257 g/mol. The molecule has 17 heavy (non-hydrogen) atoms. The number of hydrogen-bond acceptors (Lipinski definition) is 3. The van der Waals surface area contributed by atoms with Gasteiger partial charge in [0.1, 0.15) is 0 Å². The normalized spacial score (nSPS) is 10.4. The molecule has 0 aliphatic carbocycles. The molecule has 0 fully saturated rings. The average Bonchev–Trinajstić information content (AvgIpc) is 2.34. The lowest BCUT2D eigenvalue weighted by Gasteiger charge is -2.16. The van der Waals surface area contributed by atoms with Gasteiger partial charge in [-0.3, -0.25) is 0 Å². The summed E-state index contributed by atoms with van der Waals surface area (Å²) in [6.45, 7) is 2.67. The molecule has 1 aromatic carbocycles. The van der Waals surface area contributed by atoms with E-state index in [1.807, 2.05) is 13.0 Å². The zero-order chi connectivity index (χ0) is 12.8. The van der Waals surface area contributed by atoms with Crippen molar-refractivity contribution < 1.29 is 9.47 Å². The molecule has 2 N–H and O–H groups in total. The van der Waals surface area contributed by atoms with E-state index in [1.54, 1.807) is 14.2 Å². The van der Waals surface area contributed by atoms with Crippen LogP contribution >= 0.6 is 11.6 Å². The SMILES string of the molecule is COc1cc(C)c(Cl)c(CCCCN)c1OC. The van der Waals surface area contributed by atoms with E-state index in [0.29, 0.717) is 6.54 Å². The van der Waals surface area contributed by atoms with Crippen molar-refractivity contribution in [3.05, 3.63) is 22.2 Å². The van der Waals surface area contributed by atoms with Crippen molar-refractivity contribution in [2.45, 2.75) is 26.2 Å². The first-order valence-electron chi connectivity index (χ1n) is 5.75. The quantitative estimate of drug-likeness (QED) is 0.797. The van der Waals surface area contributed by atoms with Gasteiger partial charge in [0.25, 0.3) is 0 Å². The third kappa shape index (κ3) is 3.27. The molecule has 3 nitrogen and oxygen atoms in total. The second kappa shape index (κ2) is 6.72. The number of rotatable bonds is 6. The number of benzene rings is 1. The maximum absolute atomic E-state index is 6.32. The standard InChI is InChI=1S/C13H20ClNO2/c1-9-8-11(16-2)13(17-3)10(12(9)14)6-4-5-7-15/h8H,4-7,15H2,1-3H3.